The van der Waals surface area contributed by atoms with Crippen molar-refractivity contribution in [2.45, 2.75) is 65.8 Å². The van der Waals surface area contributed by atoms with Crippen molar-refractivity contribution in [1.82, 2.24) is 25.6 Å². The highest BCUT2D eigenvalue weighted by atomic mass is 16.5. The van der Waals surface area contributed by atoms with Crippen molar-refractivity contribution in [3.8, 4) is 0 Å². The third-order valence-electron chi connectivity index (χ3n) is 5.26. The van der Waals surface area contributed by atoms with E-state index in [1.54, 1.807) is 11.6 Å². The molecule has 2 heterocycles. The number of carbonyl (C=O) groups is 2. The third-order valence-corrected chi connectivity index (χ3v) is 5.26. The molecule has 28 heavy (non-hydrogen) atoms. The molecule has 0 radical (unpaired) electrons. The van der Waals surface area contributed by atoms with Crippen molar-refractivity contribution in [3.63, 3.8) is 0 Å². The Morgan fingerprint density at radius 1 is 1.29 bits per heavy atom. The highest BCUT2D eigenvalue weighted by Gasteiger charge is 2.37. The van der Waals surface area contributed by atoms with Crippen molar-refractivity contribution in [2.24, 2.45) is 5.92 Å². The van der Waals surface area contributed by atoms with Crippen molar-refractivity contribution in [2.75, 3.05) is 0 Å². The van der Waals surface area contributed by atoms with Crippen molar-refractivity contribution in [1.29, 1.82) is 0 Å². The number of hydrogen-bond donors (Lipinski definition) is 3. The van der Waals surface area contributed by atoms with Gasteiger partial charge in [0.25, 0.3) is 0 Å². The largest absolute Gasteiger partial charge is 0.391 e. The van der Waals surface area contributed by atoms with Gasteiger partial charge in [0.15, 0.2) is 0 Å². The molecular weight excluding hydrogens is 362 g/mol. The van der Waals surface area contributed by atoms with E-state index in [-0.39, 0.29) is 24.3 Å². The Morgan fingerprint density at radius 3 is 2.64 bits per heavy atom. The molecule has 0 bridgehead atoms. The van der Waals surface area contributed by atoms with Crippen LogP contribution in [0.25, 0.3) is 0 Å². The summed E-state index contributed by atoms with van der Waals surface area (Å²) < 4.78 is 6.72. The molecule has 0 aliphatic heterocycles. The van der Waals surface area contributed by atoms with Crippen LogP contribution in [0, 0.1) is 33.6 Å². The number of nitrogens with zero attached hydrogens (tertiary/aromatic N) is 3. The van der Waals surface area contributed by atoms with Gasteiger partial charge in [-0.3, -0.25) is 14.3 Å². The Balaban J connectivity index is 1.51. The van der Waals surface area contributed by atoms with Gasteiger partial charge in [-0.2, -0.15) is 5.10 Å². The number of carbonyl (C=O) groups excluding carboxylic acids is 2. The predicted octanol–water partition coefficient (Wildman–Crippen LogP) is 0.677. The van der Waals surface area contributed by atoms with Crippen molar-refractivity contribution < 1.29 is 19.2 Å². The van der Waals surface area contributed by atoms with E-state index in [9.17, 15) is 14.7 Å². The number of nitrogens with one attached hydrogen (secondary N) is 2. The summed E-state index contributed by atoms with van der Waals surface area (Å²) in [5.74, 6) is -0.0469. The van der Waals surface area contributed by atoms with Gasteiger partial charge in [-0.25, -0.2) is 0 Å². The van der Waals surface area contributed by atoms with Crippen LogP contribution in [0.5, 0.6) is 0 Å². The molecule has 0 spiro atoms. The van der Waals surface area contributed by atoms with Crippen LogP contribution in [0.3, 0.4) is 0 Å². The summed E-state index contributed by atoms with van der Waals surface area (Å²) in [6, 6.07) is 1.45. The first kappa shape index (κ1) is 20.1. The van der Waals surface area contributed by atoms with Crippen molar-refractivity contribution >= 4 is 11.8 Å². The normalized spacial score (nSPS) is 21.7. The molecule has 9 nitrogen and oxygen atoms in total. The zero-order chi connectivity index (χ0) is 20.4. The molecule has 9 heteroatoms. The van der Waals surface area contributed by atoms with Crippen LogP contribution < -0.4 is 10.6 Å². The first-order valence-electron chi connectivity index (χ1n) is 9.42. The molecule has 0 unspecified atom stereocenters. The average Bonchev–Trinajstić information content (AvgIpc) is 3.25. The van der Waals surface area contributed by atoms with E-state index in [4.69, 9.17) is 4.52 Å². The molecule has 3 atom stereocenters. The topological polar surface area (TPSA) is 122 Å². The molecule has 3 rings (SSSR count). The molecule has 2 aromatic rings. The van der Waals surface area contributed by atoms with Gasteiger partial charge < -0.3 is 20.3 Å². The lowest BCUT2D eigenvalue weighted by Gasteiger charge is -2.16. The van der Waals surface area contributed by atoms with Gasteiger partial charge in [-0.15, -0.1) is 0 Å². The minimum atomic E-state index is -0.751. The first-order chi connectivity index (χ1) is 13.2. The fourth-order valence-corrected chi connectivity index (χ4v) is 3.68. The molecule has 2 aromatic heterocycles. The van der Waals surface area contributed by atoms with Crippen LogP contribution in [0.4, 0.5) is 0 Å². The Morgan fingerprint density at radius 2 is 2.04 bits per heavy atom. The molecular formula is C19H27N5O4. The maximum Gasteiger partial charge on any atom is 0.242 e. The van der Waals surface area contributed by atoms with Crippen LogP contribution in [0.15, 0.2) is 10.6 Å². The molecule has 0 saturated heterocycles. The Bertz CT molecular complexity index is 852. The lowest BCUT2D eigenvalue weighted by molar-refractivity contribution is -0.125. The Hall–Kier alpha value is -2.68. The van der Waals surface area contributed by atoms with Crippen LogP contribution in [-0.2, 0) is 22.7 Å². The second kappa shape index (κ2) is 8.14. The van der Waals surface area contributed by atoms with Crippen molar-refractivity contribution in [3.05, 3.63) is 34.5 Å². The second-order valence-electron chi connectivity index (χ2n) is 7.51. The van der Waals surface area contributed by atoms with Crippen LogP contribution >= 0.6 is 0 Å². The number of aliphatic hydroxyl groups excluding tert-OH is 1. The van der Waals surface area contributed by atoms with Crippen LogP contribution in [0.1, 0.15) is 41.2 Å². The zero-order valence-electron chi connectivity index (χ0n) is 16.7. The predicted molar refractivity (Wildman–Crippen MR) is 100 cm³/mol. The van der Waals surface area contributed by atoms with E-state index >= 15 is 0 Å². The van der Waals surface area contributed by atoms with Gasteiger partial charge in [0.2, 0.25) is 11.8 Å². The van der Waals surface area contributed by atoms with Gasteiger partial charge in [-0.05, 0) is 46.6 Å². The van der Waals surface area contributed by atoms with E-state index in [0.29, 0.717) is 25.1 Å². The number of rotatable bonds is 6. The van der Waals surface area contributed by atoms with E-state index < -0.39 is 12.1 Å². The highest BCUT2D eigenvalue weighted by molar-refractivity contribution is 5.80. The molecule has 2 amide bonds. The SMILES string of the molecule is Cc1cc(C)n(CC(=O)N[C@H]2C[C@H](C(=O)NCc3c(C)noc3C)C[C@@H]2O)n1. The molecule has 3 N–H and O–H groups in total. The van der Waals surface area contributed by atoms with Gasteiger partial charge >= 0.3 is 0 Å². The number of amides is 2. The van der Waals surface area contributed by atoms with E-state index in [1.165, 1.54) is 0 Å². The summed E-state index contributed by atoms with van der Waals surface area (Å²) >= 11 is 0. The minimum absolute atomic E-state index is 0.0891. The lowest BCUT2D eigenvalue weighted by atomic mass is 10.1. The quantitative estimate of drug-likeness (QED) is 0.668. The number of aliphatic hydroxyl groups is 1. The van der Waals surface area contributed by atoms with E-state index in [2.05, 4.69) is 20.9 Å². The summed E-state index contributed by atoms with van der Waals surface area (Å²) in [6.45, 7) is 7.80. The minimum Gasteiger partial charge on any atom is -0.391 e. The smallest absolute Gasteiger partial charge is 0.242 e. The maximum atomic E-state index is 12.5. The highest BCUT2D eigenvalue weighted by Crippen LogP contribution is 2.26. The molecule has 1 aliphatic rings. The monoisotopic (exact) mass is 389 g/mol. The number of aryl methyl sites for hydroxylation is 4. The standard InChI is InChI=1S/C19H27N5O4/c1-10-5-11(2)24(22-10)9-18(26)21-16-6-14(7-17(16)25)19(27)20-8-15-12(3)23-28-13(15)4/h5,14,16-17,25H,6-9H2,1-4H3,(H,20,27)(H,21,26)/t14-,16-,17-/m0/s1. The van der Waals surface area contributed by atoms with Gasteiger partial charge in [0, 0.05) is 23.7 Å². The third kappa shape index (κ3) is 4.41. The first-order valence-corrected chi connectivity index (χ1v) is 9.42. The summed E-state index contributed by atoms with van der Waals surface area (Å²) in [4.78, 5) is 24.8. The average molecular weight is 389 g/mol. The summed E-state index contributed by atoms with van der Waals surface area (Å²) in [7, 11) is 0. The molecule has 1 fully saturated rings. The summed E-state index contributed by atoms with van der Waals surface area (Å²) in [5.41, 5.74) is 3.36. The fourth-order valence-electron chi connectivity index (χ4n) is 3.68. The Kier molecular flexibility index (Phi) is 5.83. The molecule has 1 saturated carbocycles. The van der Waals surface area contributed by atoms with Gasteiger partial charge in [0.1, 0.15) is 12.3 Å². The Labute approximate surface area is 163 Å². The lowest BCUT2D eigenvalue weighted by Crippen LogP contribution is -2.41. The van der Waals surface area contributed by atoms with Crippen LogP contribution in [-0.4, -0.2) is 44.0 Å². The van der Waals surface area contributed by atoms with Crippen LogP contribution in [0.2, 0.25) is 0 Å². The summed E-state index contributed by atoms with van der Waals surface area (Å²) in [6.07, 6.45) is -0.0327. The number of aromatic nitrogens is 3. The zero-order valence-corrected chi connectivity index (χ0v) is 16.7. The molecule has 1 aliphatic carbocycles. The summed E-state index contributed by atoms with van der Waals surface area (Å²) in [5, 5.41) is 24.1. The fraction of sp³-hybridized carbons (Fsp3) is 0.579. The van der Waals surface area contributed by atoms with E-state index in [1.807, 2.05) is 26.8 Å². The van der Waals surface area contributed by atoms with Gasteiger partial charge in [0.05, 0.1) is 23.5 Å². The van der Waals surface area contributed by atoms with E-state index in [0.717, 1.165) is 22.6 Å². The van der Waals surface area contributed by atoms with Gasteiger partial charge in [-0.1, -0.05) is 5.16 Å². The maximum absolute atomic E-state index is 12.5. The molecule has 0 aromatic carbocycles. The second-order valence-corrected chi connectivity index (χ2v) is 7.51. The molecule has 152 valence electrons. The number of hydrogen-bond acceptors (Lipinski definition) is 6.